The van der Waals surface area contributed by atoms with E-state index < -0.39 is 5.91 Å². The van der Waals surface area contributed by atoms with Crippen LogP contribution in [0.15, 0.2) is 12.4 Å². The zero-order valence-corrected chi connectivity index (χ0v) is 6.54. The Morgan fingerprint density at radius 3 is 2.67 bits per heavy atom. The van der Waals surface area contributed by atoms with Crippen LogP contribution in [0.1, 0.15) is 10.4 Å². The summed E-state index contributed by atoms with van der Waals surface area (Å²) in [7, 11) is 0. The Kier molecular flexibility index (Phi) is 2.56. The fourth-order valence-electron chi connectivity index (χ4n) is 0.552. The standard InChI is InChI=1S/C6H3ClN4O/c7-6-9-1-4(2-10-6)5(12)11-3-8/h1-2H,(H,11,12). The molecule has 1 aromatic heterocycles. The maximum Gasteiger partial charge on any atom is 0.267 e. The highest BCUT2D eigenvalue weighted by Crippen LogP contribution is 1.99. The Labute approximate surface area is 73.0 Å². The number of nitrogens with zero attached hydrogens (tertiary/aromatic N) is 3. The average Bonchev–Trinajstić information content (AvgIpc) is 2.06. The molecule has 0 atom stereocenters. The number of nitriles is 1. The second kappa shape index (κ2) is 3.64. The molecule has 1 heterocycles. The highest BCUT2D eigenvalue weighted by Gasteiger charge is 2.04. The summed E-state index contributed by atoms with van der Waals surface area (Å²) in [5.74, 6) is -0.547. The lowest BCUT2D eigenvalue weighted by atomic mass is 10.3. The van der Waals surface area contributed by atoms with Gasteiger partial charge in [0.05, 0.1) is 5.56 Å². The lowest BCUT2D eigenvalue weighted by molar-refractivity contribution is 0.0972. The van der Waals surface area contributed by atoms with Gasteiger partial charge in [-0.15, -0.1) is 0 Å². The molecule has 0 saturated carbocycles. The van der Waals surface area contributed by atoms with Crippen molar-refractivity contribution in [2.45, 2.75) is 0 Å². The van der Waals surface area contributed by atoms with Crippen LogP contribution < -0.4 is 5.32 Å². The van der Waals surface area contributed by atoms with Crippen LogP contribution in [0.2, 0.25) is 5.28 Å². The van der Waals surface area contributed by atoms with Crippen molar-refractivity contribution in [3.05, 3.63) is 23.2 Å². The Morgan fingerprint density at radius 2 is 2.17 bits per heavy atom. The molecule has 60 valence electrons. The first-order valence-corrected chi connectivity index (χ1v) is 3.29. The first-order valence-electron chi connectivity index (χ1n) is 2.91. The van der Waals surface area contributed by atoms with E-state index in [0.717, 1.165) is 0 Å². The van der Waals surface area contributed by atoms with Gasteiger partial charge < -0.3 is 0 Å². The van der Waals surface area contributed by atoms with Crippen LogP contribution in [0.5, 0.6) is 0 Å². The normalized spacial score (nSPS) is 8.67. The molecule has 5 nitrogen and oxygen atoms in total. The third-order valence-corrected chi connectivity index (χ3v) is 1.25. The van der Waals surface area contributed by atoms with Gasteiger partial charge in [0.25, 0.3) is 5.91 Å². The summed E-state index contributed by atoms with van der Waals surface area (Å²) >= 11 is 5.37. The van der Waals surface area contributed by atoms with E-state index in [0.29, 0.717) is 0 Å². The number of carbonyl (C=O) groups excluding carboxylic acids is 1. The molecular formula is C6H3ClN4O. The largest absolute Gasteiger partial charge is 0.268 e. The maximum absolute atomic E-state index is 10.9. The van der Waals surface area contributed by atoms with Gasteiger partial charge in [-0.1, -0.05) is 0 Å². The Morgan fingerprint density at radius 1 is 1.58 bits per heavy atom. The molecule has 0 bridgehead atoms. The van der Waals surface area contributed by atoms with E-state index in [1.165, 1.54) is 18.6 Å². The molecule has 12 heavy (non-hydrogen) atoms. The number of rotatable bonds is 1. The molecule has 0 spiro atoms. The molecule has 1 aromatic rings. The van der Waals surface area contributed by atoms with E-state index in [9.17, 15) is 4.79 Å². The van der Waals surface area contributed by atoms with Gasteiger partial charge in [-0.2, -0.15) is 5.26 Å². The first kappa shape index (κ1) is 8.43. The second-order valence-corrected chi connectivity index (χ2v) is 2.14. The lowest BCUT2D eigenvalue weighted by Crippen LogP contribution is -2.17. The molecule has 1 rings (SSSR count). The van der Waals surface area contributed by atoms with Gasteiger partial charge in [-0.05, 0) is 11.6 Å². The van der Waals surface area contributed by atoms with Crippen LogP contribution in [0.3, 0.4) is 0 Å². The zero-order chi connectivity index (χ0) is 8.97. The minimum atomic E-state index is -0.547. The van der Waals surface area contributed by atoms with Crippen molar-refractivity contribution in [3.8, 4) is 6.19 Å². The van der Waals surface area contributed by atoms with Crippen molar-refractivity contribution in [2.75, 3.05) is 0 Å². The Balaban J connectivity index is 2.84. The van der Waals surface area contributed by atoms with Crippen molar-refractivity contribution in [1.29, 1.82) is 5.26 Å². The molecule has 0 unspecified atom stereocenters. The van der Waals surface area contributed by atoms with E-state index in [2.05, 4.69) is 9.97 Å². The fourth-order valence-corrected chi connectivity index (χ4v) is 0.650. The average molecular weight is 183 g/mol. The van der Waals surface area contributed by atoms with Crippen LogP contribution in [0.25, 0.3) is 0 Å². The molecule has 0 aliphatic heterocycles. The summed E-state index contributed by atoms with van der Waals surface area (Å²) in [6.45, 7) is 0. The molecule has 0 aliphatic carbocycles. The predicted molar refractivity (Wildman–Crippen MR) is 40.1 cm³/mol. The van der Waals surface area contributed by atoms with Gasteiger partial charge in [-0.3, -0.25) is 10.1 Å². The van der Waals surface area contributed by atoms with Gasteiger partial charge in [0, 0.05) is 12.4 Å². The monoisotopic (exact) mass is 182 g/mol. The number of carbonyl (C=O) groups is 1. The summed E-state index contributed by atoms with van der Waals surface area (Å²) in [4.78, 5) is 18.0. The number of hydrogen-bond donors (Lipinski definition) is 1. The quantitative estimate of drug-likeness (QED) is 0.386. The van der Waals surface area contributed by atoms with Crippen molar-refractivity contribution in [1.82, 2.24) is 15.3 Å². The summed E-state index contributed by atoms with van der Waals surface area (Å²) in [6.07, 6.45) is 3.97. The van der Waals surface area contributed by atoms with Crippen LogP contribution >= 0.6 is 11.6 Å². The first-order chi connectivity index (χ1) is 5.74. The van der Waals surface area contributed by atoms with E-state index >= 15 is 0 Å². The molecule has 0 aromatic carbocycles. The second-order valence-electron chi connectivity index (χ2n) is 1.81. The van der Waals surface area contributed by atoms with E-state index in [1.807, 2.05) is 5.32 Å². The van der Waals surface area contributed by atoms with Crippen molar-refractivity contribution >= 4 is 17.5 Å². The molecule has 0 aliphatic rings. The van der Waals surface area contributed by atoms with Gasteiger partial charge >= 0.3 is 0 Å². The van der Waals surface area contributed by atoms with Crippen molar-refractivity contribution in [3.63, 3.8) is 0 Å². The number of amides is 1. The Hall–Kier alpha value is -1.67. The van der Waals surface area contributed by atoms with Gasteiger partial charge in [0.15, 0.2) is 6.19 Å². The smallest absolute Gasteiger partial charge is 0.267 e. The van der Waals surface area contributed by atoms with Crippen LogP contribution in [0, 0.1) is 11.5 Å². The fraction of sp³-hybridized carbons (Fsp3) is 0. The van der Waals surface area contributed by atoms with Gasteiger partial charge in [0.1, 0.15) is 0 Å². The maximum atomic E-state index is 10.9. The SMILES string of the molecule is N#CNC(=O)c1cnc(Cl)nc1. The van der Waals surface area contributed by atoms with Gasteiger partial charge in [-0.25, -0.2) is 9.97 Å². The van der Waals surface area contributed by atoms with Gasteiger partial charge in [0.2, 0.25) is 5.28 Å². The highest BCUT2D eigenvalue weighted by molar-refractivity contribution is 6.28. The van der Waals surface area contributed by atoms with Crippen LogP contribution in [-0.2, 0) is 0 Å². The van der Waals surface area contributed by atoms with Crippen LogP contribution in [0.4, 0.5) is 0 Å². The minimum Gasteiger partial charge on any atom is -0.268 e. The number of hydrogen-bond acceptors (Lipinski definition) is 4. The molecular weight excluding hydrogens is 180 g/mol. The van der Waals surface area contributed by atoms with E-state index in [1.54, 1.807) is 0 Å². The van der Waals surface area contributed by atoms with Crippen LogP contribution in [-0.4, -0.2) is 15.9 Å². The molecule has 1 N–H and O–H groups in total. The number of halogens is 1. The molecule has 6 heteroatoms. The van der Waals surface area contributed by atoms with Crippen molar-refractivity contribution in [2.24, 2.45) is 0 Å². The molecule has 0 saturated heterocycles. The molecule has 0 fully saturated rings. The highest BCUT2D eigenvalue weighted by atomic mass is 35.5. The molecule has 1 amide bonds. The summed E-state index contributed by atoms with van der Waals surface area (Å²) in [5.41, 5.74) is 0.195. The summed E-state index contributed by atoms with van der Waals surface area (Å²) in [6, 6.07) is 0. The number of aromatic nitrogens is 2. The number of nitrogens with one attached hydrogen (secondary N) is 1. The minimum absolute atomic E-state index is 0.0588. The predicted octanol–water partition coefficient (Wildman–Crippen LogP) is 0.341. The summed E-state index contributed by atoms with van der Waals surface area (Å²) in [5, 5.41) is 10.1. The summed E-state index contributed by atoms with van der Waals surface area (Å²) < 4.78 is 0. The van der Waals surface area contributed by atoms with E-state index in [4.69, 9.17) is 16.9 Å². The lowest BCUT2D eigenvalue weighted by Gasteiger charge is -1.94. The topological polar surface area (TPSA) is 78.7 Å². The zero-order valence-electron chi connectivity index (χ0n) is 5.78. The third-order valence-electron chi connectivity index (χ3n) is 1.05. The molecule has 0 radical (unpaired) electrons. The Bertz CT molecular complexity index is 328. The van der Waals surface area contributed by atoms with E-state index in [-0.39, 0.29) is 10.8 Å². The third kappa shape index (κ3) is 1.90. The van der Waals surface area contributed by atoms with Crippen molar-refractivity contribution < 1.29 is 4.79 Å².